The van der Waals surface area contributed by atoms with Gasteiger partial charge in [-0.1, -0.05) is 0 Å². The Kier molecular flexibility index (Phi) is 7.51. The largest absolute Gasteiger partial charge is 0.511 e. The van der Waals surface area contributed by atoms with E-state index in [2.05, 4.69) is 20.7 Å². The highest BCUT2D eigenvalue weighted by molar-refractivity contribution is 7.90. The first-order valence-electron chi connectivity index (χ1n) is 9.14. The number of rotatable bonds is 6. The lowest BCUT2D eigenvalue weighted by Crippen LogP contribution is -2.52. The molecule has 1 unspecified atom stereocenters. The third-order valence-electron chi connectivity index (χ3n) is 4.85. The molecule has 29 heavy (non-hydrogen) atoms. The Hall–Kier alpha value is -1.86. The maximum atomic E-state index is 12.7. The topological polar surface area (TPSA) is 94.9 Å². The molecule has 0 spiro atoms. The summed E-state index contributed by atoms with van der Waals surface area (Å²) in [5.41, 5.74) is -4.23. The predicted octanol–water partition coefficient (Wildman–Crippen LogP) is 0.502. The second-order valence-electron chi connectivity index (χ2n) is 7.15. The van der Waals surface area contributed by atoms with Gasteiger partial charge in [0.2, 0.25) is 0 Å². The normalized spacial score (nSPS) is 18.8. The van der Waals surface area contributed by atoms with Crippen molar-refractivity contribution in [1.29, 1.82) is 0 Å². The number of likely N-dealkylation sites (N-methyl/N-ethyl adjacent to an activating group) is 1. The van der Waals surface area contributed by atoms with Gasteiger partial charge in [-0.15, -0.1) is 0 Å². The van der Waals surface area contributed by atoms with Gasteiger partial charge in [-0.05, 0) is 26.9 Å². The van der Waals surface area contributed by atoms with Gasteiger partial charge in [-0.2, -0.15) is 22.6 Å². The van der Waals surface area contributed by atoms with Gasteiger partial charge in [0.25, 0.3) is 0 Å². The molecule has 0 radical (unpaired) electrons. The number of hydrogen-bond donors (Lipinski definition) is 2. The highest BCUT2D eigenvalue weighted by atomic mass is 32.2. The minimum atomic E-state index is -5.27. The van der Waals surface area contributed by atoms with Crippen molar-refractivity contribution in [3.63, 3.8) is 0 Å². The van der Waals surface area contributed by atoms with Gasteiger partial charge in [0, 0.05) is 51.5 Å². The molecule has 0 aliphatic carbocycles. The minimum Gasteiger partial charge on any atom is -0.354 e. The van der Waals surface area contributed by atoms with Gasteiger partial charge in [0.05, 0.1) is 12.2 Å². The number of piperidine rings is 1. The van der Waals surface area contributed by atoms with Crippen molar-refractivity contribution in [1.82, 2.24) is 29.6 Å². The molecular formula is C16H28F3N7O2S. The van der Waals surface area contributed by atoms with Crippen LogP contribution >= 0.6 is 0 Å². The Balaban J connectivity index is 1.90. The first-order valence-corrected chi connectivity index (χ1v) is 10.6. The molecule has 166 valence electrons. The van der Waals surface area contributed by atoms with Crippen molar-refractivity contribution in [3.05, 3.63) is 18.0 Å². The first-order chi connectivity index (χ1) is 13.5. The molecule has 1 saturated heterocycles. The molecule has 1 fully saturated rings. The molecular weight excluding hydrogens is 411 g/mol. The zero-order chi connectivity index (χ0) is 21.8. The SMILES string of the molecule is CN=C(NCC(c1cnn(C)c1)N(C)C)NC1CCN(S(=O)(=O)C(F)(F)F)CC1. The summed E-state index contributed by atoms with van der Waals surface area (Å²) in [6.45, 7) is 0.165. The van der Waals surface area contributed by atoms with E-state index >= 15 is 0 Å². The zero-order valence-corrected chi connectivity index (χ0v) is 17.8. The Morgan fingerprint density at radius 3 is 2.45 bits per heavy atom. The lowest BCUT2D eigenvalue weighted by atomic mass is 10.1. The number of aromatic nitrogens is 2. The fourth-order valence-corrected chi connectivity index (χ4v) is 4.16. The Bertz CT molecular complexity index is 800. The number of halogens is 3. The highest BCUT2D eigenvalue weighted by Gasteiger charge is 2.50. The van der Waals surface area contributed by atoms with Gasteiger partial charge in [-0.3, -0.25) is 9.67 Å². The van der Waals surface area contributed by atoms with E-state index in [1.165, 1.54) is 0 Å². The van der Waals surface area contributed by atoms with Crippen LogP contribution in [0.15, 0.2) is 17.4 Å². The molecule has 0 amide bonds. The molecule has 1 aromatic heterocycles. The number of hydrogen-bond acceptors (Lipinski definition) is 5. The van der Waals surface area contributed by atoms with Crippen molar-refractivity contribution in [2.24, 2.45) is 12.0 Å². The van der Waals surface area contributed by atoms with E-state index in [-0.39, 0.29) is 38.0 Å². The van der Waals surface area contributed by atoms with Crippen molar-refractivity contribution < 1.29 is 21.6 Å². The summed E-state index contributed by atoms with van der Waals surface area (Å²) in [5, 5.41) is 10.6. The van der Waals surface area contributed by atoms with Crippen molar-refractivity contribution in [3.8, 4) is 0 Å². The van der Waals surface area contributed by atoms with Crippen molar-refractivity contribution in [2.45, 2.75) is 30.4 Å². The van der Waals surface area contributed by atoms with E-state index in [1.54, 1.807) is 17.9 Å². The molecule has 2 rings (SSSR count). The second kappa shape index (κ2) is 9.30. The summed E-state index contributed by atoms with van der Waals surface area (Å²) in [4.78, 5) is 6.20. The van der Waals surface area contributed by atoms with Crippen LogP contribution in [0.3, 0.4) is 0 Å². The molecule has 1 atom stereocenters. The van der Waals surface area contributed by atoms with Gasteiger partial charge < -0.3 is 15.5 Å². The Labute approximate surface area is 169 Å². The molecule has 1 aromatic rings. The van der Waals surface area contributed by atoms with Gasteiger partial charge in [0.15, 0.2) is 5.96 Å². The molecule has 13 heteroatoms. The fraction of sp³-hybridized carbons (Fsp3) is 0.750. The number of guanidine groups is 1. The van der Waals surface area contributed by atoms with E-state index in [0.29, 0.717) is 16.8 Å². The summed E-state index contributed by atoms with van der Waals surface area (Å²) < 4.78 is 63.3. The van der Waals surface area contributed by atoms with Crippen molar-refractivity contribution in [2.75, 3.05) is 40.8 Å². The van der Waals surface area contributed by atoms with Crippen LogP contribution in [0.25, 0.3) is 0 Å². The maximum absolute atomic E-state index is 12.7. The highest BCUT2D eigenvalue weighted by Crippen LogP contribution is 2.29. The second-order valence-corrected chi connectivity index (χ2v) is 9.08. The van der Waals surface area contributed by atoms with E-state index in [1.807, 2.05) is 32.2 Å². The number of alkyl halides is 3. The lowest BCUT2D eigenvalue weighted by molar-refractivity contribution is -0.0494. The Morgan fingerprint density at radius 1 is 1.38 bits per heavy atom. The van der Waals surface area contributed by atoms with Crippen LogP contribution < -0.4 is 10.6 Å². The van der Waals surface area contributed by atoms with Gasteiger partial charge in [-0.25, -0.2) is 8.42 Å². The number of nitrogens with zero attached hydrogens (tertiary/aromatic N) is 5. The number of aliphatic imine (C=N–C) groups is 1. The number of nitrogens with one attached hydrogen (secondary N) is 2. The predicted molar refractivity (Wildman–Crippen MR) is 104 cm³/mol. The summed E-state index contributed by atoms with van der Waals surface area (Å²) >= 11 is 0. The summed E-state index contributed by atoms with van der Waals surface area (Å²) in [6, 6.07) is -0.127. The van der Waals surface area contributed by atoms with Crippen LogP contribution in [0.1, 0.15) is 24.4 Å². The van der Waals surface area contributed by atoms with Gasteiger partial charge >= 0.3 is 15.5 Å². The molecule has 0 saturated carbocycles. The van der Waals surface area contributed by atoms with Gasteiger partial charge in [0.1, 0.15) is 0 Å². The molecule has 1 aliphatic rings. The smallest absolute Gasteiger partial charge is 0.354 e. The summed E-state index contributed by atoms with van der Waals surface area (Å²) in [5.74, 6) is 0.512. The van der Waals surface area contributed by atoms with Crippen LogP contribution in [0.2, 0.25) is 0 Å². The van der Waals surface area contributed by atoms with Crippen LogP contribution in [-0.2, 0) is 17.1 Å². The molecule has 1 aliphatic heterocycles. The van der Waals surface area contributed by atoms with Crippen LogP contribution in [-0.4, -0.2) is 85.7 Å². The lowest BCUT2D eigenvalue weighted by Gasteiger charge is -2.33. The number of aryl methyl sites for hydroxylation is 1. The number of sulfonamides is 1. The van der Waals surface area contributed by atoms with E-state index in [9.17, 15) is 21.6 Å². The summed E-state index contributed by atoms with van der Waals surface area (Å²) in [6.07, 6.45) is 4.24. The summed E-state index contributed by atoms with van der Waals surface area (Å²) in [7, 11) is 2.08. The fourth-order valence-electron chi connectivity index (χ4n) is 3.18. The minimum absolute atomic E-state index is 0.0426. The maximum Gasteiger partial charge on any atom is 0.511 e. The quantitative estimate of drug-likeness (QED) is 0.495. The zero-order valence-electron chi connectivity index (χ0n) is 16.9. The standard InChI is InChI=1S/C16H28F3N7O2S/c1-20-15(21-10-14(24(2)3)12-9-22-25(4)11-12)23-13-5-7-26(8-6-13)29(27,28)16(17,18)19/h9,11,13-14H,5-8,10H2,1-4H3,(H2,20,21,23). The Morgan fingerprint density at radius 2 is 2.00 bits per heavy atom. The average Bonchev–Trinajstić information content (AvgIpc) is 3.06. The molecule has 0 aromatic carbocycles. The van der Waals surface area contributed by atoms with Crippen LogP contribution in [0.5, 0.6) is 0 Å². The molecule has 2 N–H and O–H groups in total. The average molecular weight is 440 g/mol. The first kappa shape index (κ1) is 23.4. The molecule has 0 bridgehead atoms. The third-order valence-corrected chi connectivity index (χ3v) is 6.48. The third kappa shape index (κ3) is 5.82. The molecule has 2 heterocycles. The van der Waals surface area contributed by atoms with E-state index in [4.69, 9.17) is 0 Å². The van der Waals surface area contributed by atoms with E-state index in [0.717, 1.165) is 5.56 Å². The monoisotopic (exact) mass is 439 g/mol. The van der Waals surface area contributed by atoms with E-state index < -0.39 is 15.5 Å². The van der Waals surface area contributed by atoms with Crippen LogP contribution in [0.4, 0.5) is 13.2 Å². The molecule has 9 nitrogen and oxygen atoms in total. The van der Waals surface area contributed by atoms with Crippen molar-refractivity contribution >= 4 is 16.0 Å². The van der Waals surface area contributed by atoms with Crippen LogP contribution in [0, 0.1) is 0 Å².